The number of hydrogen-bond donors (Lipinski definition) is 2. The maximum atomic E-state index is 13.3. The van der Waals surface area contributed by atoms with Gasteiger partial charge in [-0.2, -0.15) is 4.99 Å². The molecule has 1 aliphatic carbocycles. The van der Waals surface area contributed by atoms with Gasteiger partial charge in [0.15, 0.2) is 11.4 Å². The first-order valence-corrected chi connectivity index (χ1v) is 11.0. The smallest absolute Gasteiger partial charge is 0.257 e. The second-order valence-electron chi connectivity index (χ2n) is 7.71. The quantitative estimate of drug-likeness (QED) is 0.622. The van der Waals surface area contributed by atoms with Crippen molar-refractivity contribution in [1.29, 1.82) is 0 Å². The maximum Gasteiger partial charge on any atom is 0.257 e. The third-order valence-corrected chi connectivity index (χ3v) is 6.42. The van der Waals surface area contributed by atoms with Gasteiger partial charge in [0.2, 0.25) is 5.91 Å². The van der Waals surface area contributed by atoms with E-state index < -0.39 is 0 Å². The second-order valence-corrected chi connectivity index (χ2v) is 8.43. The van der Waals surface area contributed by atoms with Crippen LogP contribution in [0.3, 0.4) is 0 Å². The van der Waals surface area contributed by atoms with Gasteiger partial charge in [-0.3, -0.25) is 10.1 Å². The first kappa shape index (κ1) is 18.2. The molecule has 146 valence electrons. The average molecular weight is 404 g/mol. The van der Waals surface area contributed by atoms with Gasteiger partial charge >= 0.3 is 0 Å². The molecule has 1 saturated carbocycles. The van der Waals surface area contributed by atoms with Gasteiger partial charge < -0.3 is 5.32 Å². The number of anilines is 1. The lowest BCUT2D eigenvalue weighted by molar-refractivity contribution is -0.437. The van der Waals surface area contributed by atoms with Crippen LogP contribution in [0.15, 0.2) is 64.4 Å². The molecular formula is C23H23N4OS+. The standard InChI is InChI=1S/C23H22N4OS/c28-23(21(16-8-4-5-9-16)15-6-2-1-3-7-15)25-17-10-11-18-19(12-17)27-22(26-18)20-13-29-14-24-20/h1-3,6-7,10-14,16,21H,4-5,8-9H2,(H,25,28)(H,26,27)/p+1. The van der Waals surface area contributed by atoms with Crippen LogP contribution in [0.5, 0.6) is 0 Å². The SMILES string of the molecule is O=C(Nc1ccc2c(c1)[NH2+]C(c1cscn1)=N2)C(c1ccccc1)C1CCCC1. The van der Waals surface area contributed by atoms with Crippen molar-refractivity contribution >= 4 is 40.1 Å². The van der Waals surface area contributed by atoms with Crippen molar-refractivity contribution in [2.24, 2.45) is 10.9 Å². The maximum absolute atomic E-state index is 13.3. The van der Waals surface area contributed by atoms with Crippen molar-refractivity contribution in [2.75, 3.05) is 5.32 Å². The summed E-state index contributed by atoms with van der Waals surface area (Å²) in [7, 11) is 0. The van der Waals surface area contributed by atoms with E-state index in [1.165, 1.54) is 12.8 Å². The summed E-state index contributed by atoms with van der Waals surface area (Å²) in [5.41, 5.74) is 6.57. The molecule has 0 saturated heterocycles. The number of carbonyl (C=O) groups is 1. The molecule has 1 unspecified atom stereocenters. The summed E-state index contributed by atoms with van der Waals surface area (Å²) in [6.07, 6.45) is 4.67. The number of benzene rings is 2. The zero-order valence-corrected chi connectivity index (χ0v) is 16.9. The monoisotopic (exact) mass is 403 g/mol. The van der Waals surface area contributed by atoms with Crippen LogP contribution in [0.4, 0.5) is 17.1 Å². The van der Waals surface area contributed by atoms with E-state index >= 15 is 0 Å². The summed E-state index contributed by atoms with van der Waals surface area (Å²) in [6.45, 7) is 0. The Balaban J connectivity index is 1.35. The topological polar surface area (TPSA) is 71.0 Å². The molecule has 0 spiro atoms. The predicted molar refractivity (Wildman–Crippen MR) is 116 cm³/mol. The number of aliphatic imine (C=N–C) groups is 1. The third kappa shape index (κ3) is 3.73. The van der Waals surface area contributed by atoms with E-state index in [0.717, 1.165) is 47.0 Å². The molecule has 1 aromatic heterocycles. The minimum absolute atomic E-state index is 0.0849. The van der Waals surface area contributed by atoms with E-state index in [4.69, 9.17) is 0 Å². The molecule has 2 heterocycles. The number of hydrogen-bond acceptors (Lipinski definition) is 4. The van der Waals surface area contributed by atoms with Crippen molar-refractivity contribution in [2.45, 2.75) is 31.6 Å². The minimum Gasteiger partial charge on any atom is -0.325 e. The summed E-state index contributed by atoms with van der Waals surface area (Å²) >= 11 is 1.56. The van der Waals surface area contributed by atoms with Crippen LogP contribution in [0.2, 0.25) is 0 Å². The molecule has 0 radical (unpaired) electrons. The molecule has 3 N–H and O–H groups in total. The van der Waals surface area contributed by atoms with Crippen LogP contribution in [-0.2, 0) is 4.79 Å². The second kappa shape index (κ2) is 7.89. The lowest BCUT2D eigenvalue weighted by Crippen LogP contribution is -2.80. The number of carbonyl (C=O) groups excluding carboxylic acids is 1. The number of aromatic nitrogens is 1. The third-order valence-electron chi connectivity index (χ3n) is 5.84. The fraction of sp³-hybridized carbons (Fsp3) is 0.261. The highest BCUT2D eigenvalue weighted by Crippen LogP contribution is 2.38. The van der Waals surface area contributed by atoms with Crippen LogP contribution in [-0.4, -0.2) is 16.7 Å². The van der Waals surface area contributed by atoms with Crippen molar-refractivity contribution in [1.82, 2.24) is 4.98 Å². The number of nitrogens with two attached hydrogens (primary N) is 1. The van der Waals surface area contributed by atoms with E-state index in [2.05, 4.69) is 27.4 Å². The molecule has 29 heavy (non-hydrogen) atoms. The van der Waals surface area contributed by atoms with Crippen LogP contribution in [0, 0.1) is 5.92 Å². The van der Waals surface area contributed by atoms with E-state index in [0.29, 0.717) is 5.92 Å². The highest BCUT2D eigenvalue weighted by molar-refractivity contribution is 7.07. The molecule has 3 aromatic rings. The van der Waals surface area contributed by atoms with E-state index in [1.807, 2.05) is 52.6 Å². The van der Waals surface area contributed by atoms with Gasteiger partial charge in [-0.25, -0.2) is 4.98 Å². The molecular weight excluding hydrogens is 380 g/mol. The van der Waals surface area contributed by atoms with Crippen molar-refractivity contribution in [3.05, 3.63) is 70.7 Å². The highest BCUT2D eigenvalue weighted by atomic mass is 32.1. The molecule has 6 heteroatoms. The number of fused-ring (bicyclic) bond motifs is 1. The largest absolute Gasteiger partial charge is 0.325 e. The lowest BCUT2D eigenvalue weighted by atomic mass is 9.84. The Kier molecular flexibility index (Phi) is 4.96. The molecule has 5 nitrogen and oxygen atoms in total. The zero-order chi connectivity index (χ0) is 19.6. The van der Waals surface area contributed by atoms with Crippen LogP contribution < -0.4 is 10.6 Å². The van der Waals surface area contributed by atoms with Crippen LogP contribution >= 0.6 is 11.3 Å². The van der Waals surface area contributed by atoms with Gasteiger partial charge in [0.1, 0.15) is 5.69 Å². The average Bonchev–Trinajstić information content (AvgIpc) is 3.50. The zero-order valence-electron chi connectivity index (χ0n) is 16.0. The predicted octanol–water partition coefficient (Wildman–Crippen LogP) is 4.34. The first-order valence-electron chi connectivity index (χ1n) is 10.1. The number of nitrogens with one attached hydrogen (secondary N) is 1. The van der Waals surface area contributed by atoms with E-state index in [-0.39, 0.29) is 11.8 Å². The minimum atomic E-state index is -0.0993. The Hall–Kier alpha value is -2.83. The number of thiazole rings is 1. The normalized spacial score (nSPS) is 17.0. The summed E-state index contributed by atoms with van der Waals surface area (Å²) in [6, 6.07) is 16.1. The number of nitrogens with zero attached hydrogens (tertiary/aromatic N) is 2. The fourth-order valence-corrected chi connectivity index (χ4v) is 4.98. The van der Waals surface area contributed by atoms with Crippen LogP contribution in [0.1, 0.15) is 42.9 Å². The van der Waals surface area contributed by atoms with Crippen molar-refractivity contribution < 1.29 is 10.1 Å². The first-order chi connectivity index (χ1) is 14.3. The van der Waals surface area contributed by atoms with Gasteiger partial charge in [0.25, 0.3) is 5.84 Å². The van der Waals surface area contributed by atoms with Crippen molar-refractivity contribution in [3.8, 4) is 0 Å². The molecule has 5 rings (SSSR count). The van der Waals surface area contributed by atoms with Crippen LogP contribution in [0.25, 0.3) is 0 Å². The summed E-state index contributed by atoms with van der Waals surface area (Å²) in [5, 5.41) is 7.20. The Morgan fingerprint density at radius 2 is 1.97 bits per heavy atom. The summed E-state index contributed by atoms with van der Waals surface area (Å²) in [4.78, 5) is 22.3. The molecule has 2 aliphatic rings. The molecule has 1 atom stereocenters. The number of rotatable bonds is 5. The van der Waals surface area contributed by atoms with E-state index in [1.54, 1.807) is 11.3 Å². The van der Waals surface area contributed by atoms with Gasteiger partial charge in [0, 0.05) is 17.1 Å². The molecule has 1 aliphatic heterocycles. The van der Waals surface area contributed by atoms with E-state index in [9.17, 15) is 4.79 Å². The fourth-order valence-electron chi connectivity index (χ4n) is 4.44. The van der Waals surface area contributed by atoms with Crippen molar-refractivity contribution in [3.63, 3.8) is 0 Å². The summed E-state index contributed by atoms with van der Waals surface area (Å²) in [5.74, 6) is 1.27. The molecule has 1 amide bonds. The number of quaternary nitrogens is 1. The Morgan fingerprint density at radius 3 is 2.72 bits per heavy atom. The number of amides is 1. The Morgan fingerprint density at radius 1 is 1.14 bits per heavy atom. The van der Waals surface area contributed by atoms with Gasteiger partial charge in [-0.15, -0.1) is 11.3 Å². The Labute approximate surface area is 173 Å². The lowest BCUT2D eigenvalue weighted by Gasteiger charge is -2.23. The van der Waals surface area contributed by atoms with Gasteiger partial charge in [-0.05, 0) is 36.5 Å². The molecule has 0 bridgehead atoms. The number of amidine groups is 1. The highest BCUT2D eigenvalue weighted by Gasteiger charge is 2.32. The molecule has 1 fully saturated rings. The van der Waals surface area contributed by atoms with Gasteiger partial charge in [0.05, 0.1) is 11.4 Å². The summed E-state index contributed by atoms with van der Waals surface area (Å²) < 4.78 is 0. The Bertz CT molecular complexity index is 1040. The van der Waals surface area contributed by atoms with Gasteiger partial charge in [-0.1, -0.05) is 43.2 Å². The molecule has 2 aromatic carbocycles.